The highest BCUT2D eigenvalue weighted by atomic mass is 19.1. The average Bonchev–Trinajstić information content (AvgIpc) is 2.44. The molecular formula is C17H20F2N2. The van der Waals surface area contributed by atoms with E-state index in [4.69, 9.17) is 0 Å². The Bertz CT molecular complexity index is 574. The largest absolute Gasteiger partial charge is 0.378 e. The third-order valence-corrected chi connectivity index (χ3v) is 3.37. The van der Waals surface area contributed by atoms with Gasteiger partial charge < -0.3 is 10.2 Å². The Morgan fingerprint density at radius 3 is 2.00 bits per heavy atom. The third-order valence-electron chi connectivity index (χ3n) is 3.37. The van der Waals surface area contributed by atoms with Crippen molar-refractivity contribution in [2.24, 2.45) is 0 Å². The normalized spacial score (nSPS) is 12.2. The summed E-state index contributed by atoms with van der Waals surface area (Å²) < 4.78 is 26.9. The van der Waals surface area contributed by atoms with Crippen molar-refractivity contribution in [3.8, 4) is 0 Å². The average molecular weight is 290 g/mol. The molecule has 2 nitrogen and oxygen atoms in total. The van der Waals surface area contributed by atoms with Gasteiger partial charge in [-0.3, -0.25) is 0 Å². The molecule has 2 aromatic rings. The molecule has 0 bridgehead atoms. The van der Waals surface area contributed by atoms with Crippen LogP contribution in [0.25, 0.3) is 0 Å². The Hall–Kier alpha value is -1.94. The first kappa shape index (κ1) is 15.4. The highest BCUT2D eigenvalue weighted by molar-refractivity contribution is 5.47. The fourth-order valence-corrected chi connectivity index (χ4v) is 2.34. The van der Waals surface area contributed by atoms with Crippen LogP contribution in [0.5, 0.6) is 0 Å². The van der Waals surface area contributed by atoms with E-state index in [0.717, 1.165) is 17.3 Å². The van der Waals surface area contributed by atoms with Crippen LogP contribution in [0.15, 0.2) is 42.5 Å². The molecule has 0 heterocycles. The summed E-state index contributed by atoms with van der Waals surface area (Å²) in [7, 11) is 3.94. The summed E-state index contributed by atoms with van der Waals surface area (Å²) in [4.78, 5) is 2.01. The summed E-state index contributed by atoms with van der Waals surface area (Å²) in [5.41, 5.74) is 2.65. The van der Waals surface area contributed by atoms with E-state index in [1.165, 1.54) is 12.1 Å². The second-order valence-electron chi connectivity index (χ2n) is 5.18. The SMILES string of the molecule is CCNC(c1ccc(N(C)C)cc1)c1cc(F)cc(F)c1. The van der Waals surface area contributed by atoms with E-state index in [1.807, 2.05) is 50.2 Å². The lowest BCUT2D eigenvalue weighted by Gasteiger charge is -2.20. The van der Waals surface area contributed by atoms with Crippen LogP contribution in [0.2, 0.25) is 0 Å². The number of anilines is 1. The Balaban J connectivity index is 2.38. The van der Waals surface area contributed by atoms with Gasteiger partial charge in [0, 0.05) is 25.8 Å². The monoisotopic (exact) mass is 290 g/mol. The Morgan fingerprint density at radius 2 is 1.52 bits per heavy atom. The molecule has 0 fully saturated rings. The van der Waals surface area contributed by atoms with Crippen molar-refractivity contribution in [3.05, 3.63) is 65.2 Å². The fourth-order valence-electron chi connectivity index (χ4n) is 2.34. The number of nitrogens with zero attached hydrogens (tertiary/aromatic N) is 1. The van der Waals surface area contributed by atoms with Gasteiger partial charge >= 0.3 is 0 Å². The minimum Gasteiger partial charge on any atom is -0.378 e. The molecule has 2 aromatic carbocycles. The minimum atomic E-state index is -0.558. The minimum absolute atomic E-state index is 0.226. The first-order valence-electron chi connectivity index (χ1n) is 6.98. The van der Waals surface area contributed by atoms with E-state index in [9.17, 15) is 8.78 Å². The molecule has 1 N–H and O–H groups in total. The summed E-state index contributed by atoms with van der Waals surface area (Å²) in [5, 5.41) is 3.27. The Kier molecular flexibility index (Phi) is 4.91. The number of benzene rings is 2. The van der Waals surface area contributed by atoms with Gasteiger partial charge in [-0.15, -0.1) is 0 Å². The molecule has 0 saturated carbocycles. The van der Waals surface area contributed by atoms with Gasteiger partial charge in [0.15, 0.2) is 0 Å². The van der Waals surface area contributed by atoms with Gasteiger partial charge in [-0.05, 0) is 41.9 Å². The summed E-state index contributed by atoms with van der Waals surface area (Å²) >= 11 is 0. The lowest BCUT2D eigenvalue weighted by atomic mass is 9.98. The predicted octanol–water partition coefficient (Wildman–Crippen LogP) is 3.73. The maximum Gasteiger partial charge on any atom is 0.126 e. The van der Waals surface area contributed by atoms with Crippen LogP contribution in [-0.4, -0.2) is 20.6 Å². The fraction of sp³-hybridized carbons (Fsp3) is 0.294. The van der Waals surface area contributed by atoms with Crippen molar-refractivity contribution in [1.82, 2.24) is 5.32 Å². The molecule has 112 valence electrons. The van der Waals surface area contributed by atoms with Crippen molar-refractivity contribution < 1.29 is 8.78 Å². The summed E-state index contributed by atoms with van der Waals surface area (Å²) in [6.07, 6.45) is 0. The number of rotatable bonds is 5. The van der Waals surface area contributed by atoms with E-state index in [0.29, 0.717) is 12.1 Å². The molecule has 0 aliphatic heterocycles. The van der Waals surface area contributed by atoms with Crippen LogP contribution in [-0.2, 0) is 0 Å². The number of hydrogen-bond donors (Lipinski definition) is 1. The topological polar surface area (TPSA) is 15.3 Å². The van der Waals surface area contributed by atoms with Crippen LogP contribution >= 0.6 is 0 Å². The number of nitrogens with one attached hydrogen (secondary N) is 1. The van der Waals surface area contributed by atoms with Gasteiger partial charge in [0.1, 0.15) is 11.6 Å². The first-order chi connectivity index (χ1) is 10.0. The van der Waals surface area contributed by atoms with E-state index in [2.05, 4.69) is 5.32 Å². The quantitative estimate of drug-likeness (QED) is 0.902. The maximum absolute atomic E-state index is 13.4. The zero-order valence-electron chi connectivity index (χ0n) is 12.5. The second-order valence-corrected chi connectivity index (χ2v) is 5.18. The van der Waals surface area contributed by atoms with Crippen LogP contribution in [0.1, 0.15) is 24.1 Å². The maximum atomic E-state index is 13.4. The number of halogens is 2. The van der Waals surface area contributed by atoms with E-state index < -0.39 is 11.6 Å². The van der Waals surface area contributed by atoms with Crippen LogP contribution in [0.3, 0.4) is 0 Å². The number of hydrogen-bond acceptors (Lipinski definition) is 2. The second kappa shape index (κ2) is 6.68. The van der Waals surface area contributed by atoms with Crippen molar-refractivity contribution in [2.75, 3.05) is 25.5 Å². The van der Waals surface area contributed by atoms with E-state index in [1.54, 1.807) is 0 Å². The molecule has 4 heteroatoms. The Morgan fingerprint density at radius 1 is 0.952 bits per heavy atom. The molecule has 0 saturated heterocycles. The highest BCUT2D eigenvalue weighted by Gasteiger charge is 2.15. The van der Waals surface area contributed by atoms with Crippen molar-refractivity contribution in [3.63, 3.8) is 0 Å². The molecule has 0 radical (unpaired) electrons. The molecule has 21 heavy (non-hydrogen) atoms. The third kappa shape index (κ3) is 3.79. The first-order valence-corrected chi connectivity index (χ1v) is 6.98. The molecule has 1 unspecified atom stereocenters. The van der Waals surface area contributed by atoms with Gasteiger partial charge in [0.2, 0.25) is 0 Å². The van der Waals surface area contributed by atoms with Crippen LogP contribution in [0.4, 0.5) is 14.5 Å². The van der Waals surface area contributed by atoms with Crippen molar-refractivity contribution in [1.29, 1.82) is 0 Å². The molecule has 0 aliphatic rings. The molecular weight excluding hydrogens is 270 g/mol. The molecule has 0 aliphatic carbocycles. The standard InChI is InChI=1S/C17H20F2N2/c1-4-20-17(13-9-14(18)11-15(19)10-13)12-5-7-16(8-6-12)21(2)3/h5-11,17,20H,4H2,1-3H3. The van der Waals surface area contributed by atoms with Gasteiger partial charge in [0.05, 0.1) is 6.04 Å². The molecule has 0 spiro atoms. The predicted molar refractivity (Wildman–Crippen MR) is 82.6 cm³/mol. The molecule has 2 rings (SSSR count). The van der Waals surface area contributed by atoms with Crippen LogP contribution < -0.4 is 10.2 Å². The summed E-state index contributed by atoms with van der Waals surface area (Å²) in [5.74, 6) is -1.12. The van der Waals surface area contributed by atoms with Gasteiger partial charge in [-0.2, -0.15) is 0 Å². The van der Waals surface area contributed by atoms with Crippen molar-refractivity contribution in [2.45, 2.75) is 13.0 Å². The summed E-state index contributed by atoms with van der Waals surface area (Å²) in [6, 6.07) is 11.4. The molecule has 1 atom stereocenters. The van der Waals surface area contributed by atoms with Gasteiger partial charge in [0.25, 0.3) is 0 Å². The molecule has 0 aromatic heterocycles. The highest BCUT2D eigenvalue weighted by Crippen LogP contribution is 2.25. The van der Waals surface area contributed by atoms with Gasteiger partial charge in [-0.1, -0.05) is 19.1 Å². The van der Waals surface area contributed by atoms with Crippen molar-refractivity contribution >= 4 is 5.69 Å². The van der Waals surface area contributed by atoms with E-state index in [-0.39, 0.29) is 6.04 Å². The van der Waals surface area contributed by atoms with Gasteiger partial charge in [-0.25, -0.2) is 8.78 Å². The smallest absolute Gasteiger partial charge is 0.126 e. The van der Waals surface area contributed by atoms with Crippen LogP contribution in [0, 0.1) is 11.6 Å². The zero-order chi connectivity index (χ0) is 15.4. The lowest BCUT2D eigenvalue weighted by Crippen LogP contribution is -2.22. The zero-order valence-corrected chi connectivity index (χ0v) is 12.5. The Labute approximate surface area is 124 Å². The van der Waals surface area contributed by atoms with E-state index >= 15 is 0 Å². The summed E-state index contributed by atoms with van der Waals surface area (Å²) in [6.45, 7) is 2.68. The molecule has 0 amide bonds. The lowest BCUT2D eigenvalue weighted by molar-refractivity contribution is 0.565.